The lowest BCUT2D eigenvalue weighted by atomic mass is 9.83. The van der Waals surface area contributed by atoms with Gasteiger partial charge in [-0.05, 0) is 29.7 Å². The molecule has 0 saturated carbocycles. The molecule has 9 nitrogen and oxygen atoms in total. The number of hydrogen-bond donors (Lipinski definition) is 0. The number of pyridine rings is 1. The predicted octanol–water partition coefficient (Wildman–Crippen LogP) is 4.18. The van der Waals surface area contributed by atoms with Crippen LogP contribution in [0.5, 0.6) is 5.75 Å². The molecule has 4 heterocycles. The van der Waals surface area contributed by atoms with Crippen molar-refractivity contribution in [2.75, 3.05) is 32.1 Å². The minimum absolute atomic E-state index is 0.0253. The molecular weight excluding hydrogens is 546 g/mol. The number of ketones is 1. The Balaban J connectivity index is 1.58. The molecule has 3 aromatic rings. The molecule has 40 heavy (non-hydrogen) atoms. The van der Waals surface area contributed by atoms with E-state index in [9.17, 15) is 18.8 Å². The molecule has 0 radical (unpaired) electrons. The number of hydrogen-bond acceptors (Lipinski definition) is 9. The van der Waals surface area contributed by atoms with Crippen LogP contribution in [0.4, 0.5) is 13.6 Å². The van der Waals surface area contributed by atoms with Gasteiger partial charge in [0.25, 0.3) is 0 Å². The summed E-state index contributed by atoms with van der Waals surface area (Å²) in [5, 5.41) is 1.90. The standard InChI is InChI=1S/C28H24F2N2O7S/c1-36-28(35)39-14-38-27-21(33)8-10-31-25(27)26(34)16-9-11-37-12-20(16)32(31)24-15-6-7-19(29)23(30)18(15)13-40-22-5-3-2-4-17(22)24/h2-8,10,16,20,24H,9,11-14H2,1H3/t16-,20+,24-/m0/s1. The second-order valence-corrected chi connectivity index (χ2v) is 10.5. The zero-order chi connectivity index (χ0) is 28.0. The van der Waals surface area contributed by atoms with Crippen molar-refractivity contribution in [1.29, 1.82) is 0 Å². The smallest absolute Gasteiger partial charge is 0.451 e. The lowest BCUT2D eigenvalue weighted by molar-refractivity contribution is 0.0115. The molecule has 12 heteroatoms. The number of carbonyl (C=O) groups is 2. The Morgan fingerprint density at radius 1 is 1.12 bits per heavy atom. The average molecular weight is 571 g/mol. The number of Topliss-reactive ketones (excluding diaryl/α,β-unsaturated/α-hetero) is 1. The topological polar surface area (TPSA) is 96.3 Å². The van der Waals surface area contributed by atoms with Crippen molar-refractivity contribution in [3.8, 4) is 5.75 Å². The minimum atomic E-state index is -1.01. The van der Waals surface area contributed by atoms with Crippen LogP contribution in [0.3, 0.4) is 0 Å². The number of ether oxygens (including phenoxy) is 4. The Bertz CT molecular complexity index is 1560. The van der Waals surface area contributed by atoms with Gasteiger partial charge in [-0.3, -0.25) is 19.3 Å². The van der Waals surface area contributed by atoms with Crippen LogP contribution in [0, 0.1) is 17.6 Å². The molecule has 0 N–H and O–H groups in total. The summed E-state index contributed by atoms with van der Waals surface area (Å²) in [4.78, 5) is 39.2. The molecule has 1 saturated heterocycles. The minimum Gasteiger partial charge on any atom is -0.451 e. The molecule has 3 atom stereocenters. The van der Waals surface area contributed by atoms with E-state index in [1.165, 1.54) is 28.7 Å². The summed E-state index contributed by atoms with van der Waals surface area (Å²) in [6.07, 6.45) is 0.838. The fourth-order valence-electron chi connectivity index (χ4n) is 5.65. The monoisotopic (exact) mass is 570 g/mol. The van der Waals surface area contributed by atoms with E-state index in [0.717, 1.165) is 23.6 Å². The largest absolute Gasteiger partial charge is 0.510 e. The van der Waals surface area contributed by atoms with E-state index in [4.69, 9.17) is 14.2 Å². The third-order valence-corrected chi connectivity index (χ3v) is 8.56. The predicted molar refractivity (Wildman–Crippen MR) is 139 cm³/mol. The molecule has 3 aliphatic heterocycles. The summed E-state index contributed by atoms with van der Waals surface area (Å²) < 4.78 is 51.8. The van der Waals surface area contributed by atoms with E-state index < -0.39 is 48.0 Å². The normalized spacial score (nSPS) is 21.3. The molecule has 0 amide bonds. The van der Waals surface area contributed by atoms with Gasteiger partial charge in [-0.25, -0.2) is 13.6 Å². The third kappa shape index (κ3) is 4.31. The van der Waals surface area contributed by atoms with Gasteiger partial charge in [-0.2, -0.15) is 0 Å². The van der Waals surface area contributed by atoms with Crippen LogP contribution >= 0.6 is 11.8 Å². The molecule has 3 aliphatic rings. The summed E-state index contributed by atoms with van der Waals surface area (Å²) >= 11 is 1.40. The molecule has 2 aromatic carbocycles. The van der Waals surface area contributed by atoms with Gasteiger partial charge in [-0.1, -0.05) is 24.3 Å². The van der Waals surface area contributed by atoms with Crippen molar-refractivity contribution in [3.05, 3.63) is 92.9 Å². The highest BCUT2D eigenvalue weighted by Crippen LogP contribution is 2.46. The Morgan fingerprint density at radius 2 is 1.95 bits per heavy atom. The average Bonchev–Trinajstić information content (AvgIpc) is 3.13. The number of thioether (sulfide) groups is 1. The van der Waals surface area contributed by atoms with Gasteiger partial charge in [0.2, 0.25) is 12.2 Å². The fraction of sp³-hybridized carbons (Fsp3) is 0.321. The van der Waals surface area contributed by atoms with Gasteiger partial charge >= 0.3 is 6.16 Å². The summed E-state index contributed by atoms with van der Waals surface area (Å²) in [5.74, 6) is -2.83. The van der Waals surface area contributed by atoms with Gasteiger partial charge in [0.1, 0.15) is 0 Å². The van der Waals surface area contributed by atoms with Crippen molar-refractivity contribution in [2.24, 2.45) is 5.92 Å². The Hall–Kier alpha value is -3.90. The van der Waals surface area contributed by atoms with Crippen molar-refractivity contribution >= 4 is 23.7 Å². The van der Waals surface area contributed by atoms with E-state index in [1.54, 1.807) is 6.07 Å². The first-order valence-electron chi connectivity index (χ1n) is 12.6. The van der Waals surface area contributed by atoms with Gasteiger partial charge in [0, 0.05) is 35.1 Å². The second kappa shape index (κ2) is 10.6. The van der Waals surface area contributed by atoms with Gasteiger partial charge in [-0.15, -0.1) is 11.8 Å². The summed E-state index contributed by atoms with van der Waals surface area (Å²) in [7, 11) is 1.13. The number of methoxy groups -OCH3 is 1. The van der Waals surface area contributed by atoms with Gasteiger partial charge in [0.05, 0.1) is 31.7 Å². The van der Waals surface area contributed by atoms with Crippen LogP contribution in [0.1, 0.15) is 39.6 Å². The van der Waals surface area contributed by atoms with Crippen molar-refractivity contribution < 1.29 is 37.3 Å². The SMILES string of the molecule is COC(=O)OCOc1c2n(ccc1=O)N([C@@H]1c3ccccc3SCc3c1ccc(F)c3F)[C@@H]1COCC[C@@H]1C2=O. The van der Waals surface area contributed by atoms with Crippen molar-refractivity contribution in [3.63, 3.8) is 0 Å². The molecule has 0 unspecified atom stereocenters. The molecule has 1 aromatic heterocycles. The molecular formula is C28H24F2N2O7S. The van der Waals surface area contributed by atoms with Crippen LogP contribution in [0.2, 0.25) is 0 Å². The zero-order valence-electron chi connectivity index (χ0n) is 21.3. The van der Waals surface area contributed by atoms with Crippen LogP contribution in [0.15, 0.2) is 58.4 Å². The molecule has 1 fully saturated rings. The van der Waals surface area contributed by atoms with Gasteiger partial charge < -0.3 is 18.9 Å². The zero-order valence-corrected chi connectivity index (χ0v) is 22.1. The number of rotatable bonds is 4. The highest BCUT2D eigenvalue weighted by Gasteiger charge is 2.48. The number of benzene rings is 2. The van der Waals surface area contributed by atoms with E-state index in [1.807, 2.05) is 29.3 Å². The lowest BCUT2D eigenvalue weighted by Crippen LogP contribution is -2.61. The van der Waals surface area contributed by atoms with E-state index in [-0.39, 0.29) is 35.1 Å². The highest BCUT2D eigenvalue weighted by molar-refractivity contribution is 7.98. The quantitative estimate of drug-likeness (QED) is 0.338. The van der Waals surface area contributed by atoms with Crippen LogP contribution in [-0.2, 0) is 20.0 Å². The number of aromatic nitrogens is 1. The molecule has 0 spiro atoms. The Morgan fingerprint density at radius 3 is 2.77 bits per heavy atom. The van der Waals surface area contributed by atoms with E-state index >= 15 is 4.39 Å². The number of fused-ring (bicyclic) bond motifs is 4. The first-order chi connectivity index (χ1) is 19.4. The second-order valence-electron chi connectivity index (χ2n) is 9.50. The molecule has 208 valence electrons. The van der Waals surface area contributed by atoms with Crippen LogP contribution < -0.4 is 15.2 Å². The first-order valence-corrected chi connectivity index (χ1v) is 13.6. The number of halogens is 2. The van der Waals surface area contributed by atoms with E-state index in [0.29, 0.717) is 18.6 Å². The highest BCUT2D eigenvalue weighted by atomic mass is 32.2. The van der Waals surface area contributed by atoms with E-state index in [2.05, 4.69) is 4.74 Å². The van der Waals surface area contributed by atoms with Crippen molar-refractivity contribution in [2.45, 2.75) is 29.2 Å². The molecule has 6 rings (SSSR count). The summed E-state index contributed by atoms with van der Waals surface area (Å²) in [5.41, 5.74) is 0.988. The number of nitrogens with zero attached hydrogens (tertiary/aromatic N) is 2. The maximum absolute atomic E-state index is 15.3. The summed E-state index contributed by atoms with van der Waals surface area (Å²) in [6, 6.07) is 10.3. The first kappa shape index (κ1) is 26.3. The maximum atomic E-state index is 15.3. The third-order valence-electron chi connectivity index (χ3n) is 7.44. The Kier molecular flexibility index (Phi) is 6.97. The number of carbonyl (C=O) groups excluding carboxylic acids is 2. The summed E-state index contributed by atoms with van der Waals surface area (Å²) in [6.45, 7) is -0.110. The lowest BCUT2D eigenvalue weighted by Gasteiger charge is -2.49. The Labute approximate surface area is 231 Å². The molecule has 0 aliphatic carbocycles. The molecule has 0 bridgehead atoms. The van der Waals surface area contributed by atoms with Crippen LogP contribution in [-0.4, -0.2) is 49.8 Å². The van der Waals surface area contributed by atoms with Gasteiger partial charge in [0.15, 0.2) is 28.9 Å². The van der Waals surface area contributed by atoms with Crippen molar-refractivity contribution in [1.82, 2.24) is 4.68 Å². The fourth-order valence-corrected chi connectivity index (χ4v) is 6.77. The van der Waals surface area contributed by atoms with Crippen LogP contribution in [0.25, 0.3) is 0 Å². The maximum Gasteiger partial charge on any atom is 0.510 e.